The molecule has 14 heavy (non-hydrogen) atoms. The van der Waals surface area contributed by atoms with Crippen molar-refractivity contribution in [3.63, 3.8) is 0 Å². The van der Waals surface area contributed by atoms with Gasteiger partial charge in [0.15, 0.2) is 0 Å². The molecule has 0 heterocycles. The van der Waals surface area contributed by atoms with Gasteiger partial charge >= 0.3 is 0 Å². The minimum Gasteiger partial charge on any atom is -0.384 e. The normalized spacial score (nSPS) is 10.6. The molecule has 1 N–H and O–H groups in total. The molecule has 1 rings (SSSR count). The molecule has 2 nitrogen and oxygen atoms in total. The van der Waals surface area contributed by atoms with E-state index in [0.717, 1.165) is 6.54 Å². The molecule has 0 amide bonds. The first kappa shape index (κ1) is 11.1. The average Bonchev–Trinajstić information content (AvgIpc) is 2.17. The fourth-order valence-electron chi connectivity index (χ4n) is 1.29. The molecule has 0 saturated heterocycles. The van der Waals surface area contributed by atoms with Crippen molar-refractivity contribution < 1.29 is 4.74 Å². The predicted molar refractivity (Wildman–Crippen MR) is 60.5 cm³/mol. The van der Waals surface area contributed by atoms with Gasteiger partial charge in [-0.2, -0.15) is 0 Å². The molecule has 1 aromatic rings. The van der Waals surface area contributed by atoms with Crippen molar-refractivity contribution in [3.8, 4) is 0 Å². The number of benzene rings is 1. The van der Waals surface area contributed by atoms with Gasteiger partial charge in [-0.05, 0) is 12.0 Å². The maximum Gasteiger partial charge on any atom is 0.0733 e. The van der Waals surface area contributed by atoms with Gasteiger partial charge in [-0.1, -0.05) is 32.0 Å². The molecule has 0 aromatic heterocycles. The van der Waals surface area contributed by atoms with Crippen molar-refractivity contribution in [1.82, 2.24) is 0 Å². The van der Waals surface area contributed by atoms with Crippen LogP contribution in [0.3, 0.4) is 0 Å². The summed E-state index contributed by atoms with van der Waals surface area (Å²) in [5, 5.41) is 3.42. The van der Waals surface area contributed by atoms with Crippen LogP contribution in [0.2, 0.25) is 0 Å². The topological polar surface area (TPSA) is 21.3 Å². The Hall–Kier alpha value is -1.02. The molecule has 0 bridgehead atoms. The summed E-state index contributed by atoms with van der Waals surface area (Å²) in [6.45, 7) is 6.07. The van der Waals surface area contributed by atoms with Crippen molar-refractivity contribution >= 4 is 5.69 Å². The van der Waals surface area contributed by atoms with E-state index < -0.39 is 0 Å². The van der Waals surface area contributed by atoms with Gasteiger partial charge in [0, 0.05) is 24.9 Å². The van der Waals surface area contributed by atoms with E-state index in [2.05, 4.69) is 31.3 Å². The third-order valence-electron chi connectivity index (χ3n) is 2.02. The lowest BCUT2D eigenvalue weighted by molar-refractivity contribution is 0.185. The Morgan fingerprint density at radius 3 is 2.64 bits per heavy atom. The number of ether oxygens (including phenoxy) is 1. The van der Waals surface area contributed by atoms with Crippen LogP contribution in [0.1, 0.15) is 19.4 Å². The van der Waals surface area contributed by atoms with Crippen LogP contribution in [0.15, 0.2) is 24.3 Å². The molecule has 0 atom stereocenters. The molecule has 0 fully saturated rings. The zero-order valence-corrected chi connectivity index (χ0v) is 9.21. The summed E-state index contributed by atoms with van der Waals surface area (Å²) in [4.78, 5) is 0. The van der Waals surface area contributed by atoms with Gasteiger partial charge in [-0.15, -0.1) is 0 Å². The van der Waals surface area contributed by atoms with Crippen LogP contribution in [0.4, 0.5) is 5.69 Å². The molecule has 0 unspecified atom stereocenters. The molecule has 0 aliphatic carbocycles. The quantitative estimate of drug-likeness (QED) is 0.776. The standard InChI is InChI=1S/C12H19NO/c1-10(2)8-13-12-7-5-4-6-11(12)9-14-3/h4-7,10,13H,8-9H2,1-3H3. The summed E-state index contributed by atoms with van der Waals surface area (Å²) in [7, 11) is 1.72. The smallest absolute Gasteiger partial charge is 0.0733 e. The van der Waals surface area contributed by atoms with E-state index in [0.29, 0.717) is 12.5 Å². The highest BCUT2D eigenvalue weighted by Gasteiger charge is 2.00. The Morgan fingerprint density at radius 1 is 1.29 bits per heavy atom. The van der Waals surface area contributed by atoms with Gasteiger partial charge in [0.05, 0.1) is 6.61 Å². The van der Waals surface area contributed by atoms with E-state index in [1.54, 1.807) is 7.11 Å². The molecular weight excluding hydrogens is 174 g/mol. The second-order valence-electron chi connectivity index (χ2n) is 3.86. The highest BCUT2D eigenvalue weighted by atomic mass is 16.5. The van der Waals surface area contributed by atoms with Gasteiger partial charge in [-0.25, -0.2) is 0 Å². The van der Waals surface area contributed by atoms with Crippen LogP contribution in [-0.4, -0.2) is 13.7 Å². The third kappa shape index (κ3) is 3.38. The summed E-state index contributed by atoms with van der Waals surface area (Å²) in [5.74, 6) is 0.658. The Morgan fingerprint density at radius 2 is 2.00 bits per heavy atom. The number of methoxy groups -OCH3 is 1. The Balaban J connectivity index is 2.64. The van der Waals surface area contributed by atoms with Crippen molar-refractivity contribution in [2.24, 2.45) is 5.92 Å². The van der Waals surface area contributed by atoms with E-state index in [4.69, 9.17) is 4.74 Å². The monoisotopic (exact) mass is 193 g/mol. The van der Waals surface area contributed by atoms with Crippen molar-refractivity contribution in [2.75, 3.05) is 19.0 Å². The van der Waals surface area contributed by atoms with Crippen molar-refractivity contribution in [2.45, 2.75) is 20.5 Å². The molecule has 1 aromatic carbocycles. The maximum absolute atomic E-state index is 5.14. The molecule has 78 valence electrons. The number of nitrogens with one attached hydrogen (secondary N) is 1. The molecule has 2 heteroatoms. The zero-order chi connectivity index (χ0) is 10.4. The lowest BCUT2D eigenvalue weighted by atomic mass is 10.1. The highest BCUT2D eigenvalue weighted by molar-refractivity contribution is 5.50. The van der Waals surface area contributed by atoms with Gasteiger partial charge < -0.3 is 10.1 Å². The Kier molecular flexibility index (Phi) is 4.47. The molecule has 0 saturated carbocycles. The minimum atomic E-state index is 0.658. The summed E-state index contributed by atoms with van der Waals surface area (Å²) < 4.78 is 5.14. The van der Waals surface area contributed by atoms with Gasteiger partial charge in [-0.3, -0.25) is 0 Å². The van der Waals surface area contributed by atoms with E-state index >= 15 is 0 Å². The van der Waals surface area contributed by atoms with Crippen LogP contribution < -0.4 is 5.32 Å². The lowest BCUT2D eigenvalue weighted by Crippen LogP contribution is -2.09. The molecule has 0 spiro atoms. The number of rotatable bonds is 5. The number of anilines is 1. The average molecular weight is 193 g/mol. The second-order valence-corrected chi connectivity index (χ2v) is 3.86. The van der Waals surface area contributed by atoms with Gasteiger partial charge in [0.2, 0.25) is 0 Å². The van der Waals surface area contributed by atoms with E-state index in [1.807, 2.05) is 12.1 Å². The van der Waals surface area contributed by atoms with Crippen LogP contribution in [0.5, 0.6) is 0 Å². The molecular formula is C12H19NO. The summed E-state index contributed by atoms with van der Waals surface area (Å²) >= 11 is 0. The summed E-state index contributed by atoms with van der Waals surface area (Å²) in [5.41, 5.74) is 2.40. The first-order valence-corrected chi connectivity index (χ1v) is 5.04. The predicted octanol–water partition coefficient (Wildman–Crippen LogP) is 2.90. The van der Waals surface area contributed by atoms with Crippen LogP contribution >= 0.6 is 0 Å². The van der Waals surface area contributed by atoms with Crippen molar-refractivity contribution in [3.05, 3.63) is 29.8 Å². The van der Waals surface area contributed by atoms with Crippen LogP contribution in [-0.2, 0) is 11.3 Å². The van der Waals surface area contributed by atoms with E-state index in [1.165, 1.54) is 11.3 Å². The van der Waals surface area contributed by atoms with Crippen LogP contribution in [0, 0.1) is 5.92 Å². The van der Waals surface area contributed by atoms with Gasteiger partial charge in [0.1, 0.15) is 0 Å². The zero-order valence-electron chi connectivity index (χ0n) is 9.21. The second kappa shape index (κ2) is 5.66. The highest BCUT2D eigenvalue weighted by Crippen LogP contribution is 2.15. The molecule has 0 radical (unpaired) electrons. The summed E-state index contributed by atoms with van der Waals surface area (Å²) in [6, 6.07) is 8.26. The number of hydrogen-bond acceptors (Lipinski definition) is 2. The number of hydrogen-bond donors (Lipinski definition) is 1. The SMILES string of the molecule is COCc1ccccc1NCC(C)C. The lowest BCUT2D eigenvalue weighted by Gasteiger charge is -2.12. The van der Waals surface area contributed by atoms with Crippen molar-refractivity contribution in [1.29, 1.82) is 0 Å². The summed E-state index contributed by atoms with van der Waals surface area (Å²) in [6.07, 6.45) is 0. The number of para-hydroxylation sites is 1. The fourth-order valence-corrected chi connectivity index (χ4v) is 1.29. The Bertz CT molecular complexity index is 271. The fraction of sp³-hybridized carbons (Fsp3) is 0.500. The Labute approximate surface area is 86.3 Å². The maximum atomic E-state index is 5.14. The third-order valence-corrected chi connectivity index (χ3v) is 2.02. The molecule has 0 aliphatic rings. The van der Waals surface area contributed by atoms with E-state index in [9.17, 15) is 0 Å². The first-order valence-electron chi connectivity index (χ1n) is 5.04. The first-order chi connectivity index (χ1) is 6.74. The largest absolute Gasteiger partial charge is 0.384 e. The van der Waals surface area contributed by atoms with Gasteiger partial charge in [0.25, 0.3) is 0 Å². The minimum absolute atomic E-state index is 0.658. The van der Waals surface area contributed by atoms with E-state index in [-0.39, 0.29) is 0 Å². The molecule has 0 aliphatic heterocycles. The van der Waals surface area contributed by atoms with Crippen LogP contribution in [0.25, 0.3) is 0 Å².